The molecule has 0 aliphatic heterocycles. The molecule has 0 saturated carbocycles. The lowest BCUT2D eigenvalue weighted by Gasteiger charge is -1.99. The van der Waals surface area contributed by atoms with Crippen LogP contribution in [0.2, 0.25) is 5.15 Å². The lowest BCUT2D eigenvalue weighted by atomic mass is 10.4. The highest BCUT2D eigenvalue weighted by Crippen LogP contribution is 2.34. The third-order valence-corrected chi connectivity index (χ3v) is 3.68. The van der Waals surface area contributed by atoms with Crippen molar-refractivity contribution in [1.82, 2.24) is 9.97 Å². The molecule has 0 aliphatic carbocycles. The zero-order valence-corrected chi connectivity index (χ0v) is 10.1. The standard InChI is InChI=1S/C8H4ClN3O2S2/c9-6-2-1-5(12(13)14)7(11-6)16-8-10-3-4-15-8/h1-4H. The molecule has 0 N–H and O–H groups in total. The summed E-state index contributed by atoms with van der Waals surface area (Å²) < 4.78 is 0.692. The van der Waals surface area contributed by atoms with E-state index in [1.165, 1.54) is 23.5 Å². The highest BCUT2D eigenvalue weighted by molar-refractivity contribution is 8.01. The number of halogens is 1. The van der Waals surface area contributed by atoms with Crippen LogP contribution < -0.4 is 0 Å². The fourth-order valence-corrected chi connectivity index (χ4v) is 2.79. The molecule has 16 heavy (non-hydrogen) atoms. The Morgan fingerprint density at radius 2 is 2.31 bits per heavy atom. The molecule has 0 spiro atoms. The Labute approximate surface area is 104 Å². The van der Waals surface area contributed by atoms with Crippen LogP contribution in [-0.2, 0) is 0 Å². The van der Waals surface area contributed by atoms with Gasteiger partial charge < -0.3 is 0 Å². The summed E-state index contributed by atoms with van der Waals surface area (Å²) in [5.74, 6) is 0. The Balaban J connectivity index is 2.38. The SMILES string of the molecule is O=[N+]([O-])c1ccc(Cl)nc1Sc1nccs1. The maximum Gasteiger partial charge on any atom is 0.301 e. The number of nitrogens with zero attached hydrogens (tertiary/aromatic N) is 3. The summed E-state index contributed by atoms with van der Waals surface area (Å²) in [6, 6.07) is 2.73. The number of nitro groups is 1. The number of hydrogen-bond donors (Lipinski definition) is 0. The van der Waals surface area contributed by atoms with Gasteiger partial charge in [0.1, 0.15) is 5.15 Å². The second-order valence-corrected chi connectivity index (χ2v) is 5.13. The number of aromatic nitrogens is 2. The van der Waals surface area contributed by atoms with Crippen molar-refractivity contribution in [3.63, 3.8) is 0 Å². The van der Waals surface area contributed by atoms with Crippen molar-refractivity contribution >= 4 is 40.4 Å². The minimum Gasteiger partial charge on any atom is -0.258 e. The van der Waals surface area contributed by atoms with Crippen LogP contribution >= 0.6 is 34.7 Å². The average molecular weight is 274 g/mol. The van der Waals surface area contributed by atoms with Crippen molar-refractivity contribution in [1.29, 1.82) is 0 Å². The van der Waals surface area contributed by atoms with E-state index in [9.17, 15) is 10.1 Å². The van der Waals surface area contributed by atoms with Gasteiger partial charge in [0.25, 0.3) is 0 Å². The van der Waals surface area contributed by atoms with Gasteiger partial charge in [0.05, 0.1) is 4.92 Å². The molecule has 8 heteroatoms. The van der Waals surface area contributed by atoms with Gasteiger partial charge in [0, 0.05) is 17.6 Å². The van der Waals surface area contributed by atoms with E-state index in [1.807, 2.05) is 0 Å². The molecule has 0 amide bonds. The van der Waals surface area contributed by atoms with Crippen LogP contribution in [0.15, 0.2) is 33.1 Å². The number of thiazole rings is 1. The maximum absolute atomic E-state index is 10.8. The molecule has 0 unspecified atom stereocenters. The van der Waals surface area contributed by atoms with Crippen molar-refractivity contribution in [2.75, 3.05) is 0 Å². The lowest BCUT2D eigenvalue weighted by molar-refractivity contribution is -0.388. The molecule has 2 aromatic heterocycles. The van der Waals surface area contributed by atoms with E-state index in [0.29, 0.717) is 4.34 Å². The molecular weight excluding hydrogens is 270 g/mol. The first-order chi connectivity index (χ1) is 7.66. The zero-order chi connectivity index (χ0) is 11.5. The number of rotatable bonds is 3. The third kappa shape index (κ3) is 2.49. The number of pyridine rings is 1. The highest BCUT2D eigenvalue weighted by atomic mass is 35.5. The van der Waals surface area contributed by atoms with Crippen LogP contribution in [0.25, 0.3) is 0 Å². The third-order valence-electron chi connectivity index (χ3n) is 1.60. The monoisotopic (exact) mass is 273 g/mol. The van der Waals surface area contributed by atoms with E-state index >= 15 is 0 Å². The normalized spacial score (nSPS) is 10.3. The van der Waals surface area contributed by atoms with Crippen molar-refractivity contribution < 1.29 is 4.92 Å². The summed E-state index contributed by atoms with van der Waals surface area (Å²) in [6.07, 6.45) is 1.63. The molecule has 0 radical (unpaired) electrons. The fourth-order valence-electron chi connectivity index (χ4n) is 0.968. The predicted octanol–water partition coefficient (Wildman–Crippen LogP) is 3.25. The van der Waals surface area contributed by atoms with Crippen molar-refractivity contribution in [2.24, 2.45) is 0 Å². The molecule has 5 nitrogen and oxygen atoms in total. The first-order valence-corrected chi connectivity index (χ1v) is 6.12. The summed E-state index contributed by atoms with van der Waals surface area (Å²) in [6.45, 7) is 0. The van der Waals surface area contributed by atoms with Crippen LogP contribution in [0.4, 0.5) is 5.69 Å². The van der Waals surface area contributed by atoms with E-state index in [0.717, 1.165) is 11.8 Å². The van der Waals surface area contributed by atoms with Crippen LogP contribution in [0.1, 0.15) is 0 Å². The van der Waals surface area contributed by atoms with Gasteiger partial charge in [-0.25, -0.2) is 9.97 Å². The topological polar surface area (TPSA) is 68.9 Å². The highest BCUT2D eigenvalue weighted by Gasteiger charge is 2.17. The van der Waals surface area contributed by atoms with Crippen molar-refractivity contribution in [2.45, 2.75) is 9.37 Å². The van der Waals surface area contributed by atoms with Gasteiger partial charge in [-0.05, 0) is 17.8 Å². The second kappa shape index (κ2) is 4.77. The molecule has 0 aliphatic rings. The van der Waals surface area contributed by atoms with Crippen LogP contribution in [0.5, 0.6) is 0 Å². The maximum atomic E-state index is 10.8. The van der Waals surface area contributed by atoms with Crippen LogP contribution in [0, 0.1) is 10.1 Å². The Morgan fingerprint density at radius 3 is 2.94 bits per heavy atom. The first-order valence-electron chi connectivity index (χ1n) is 4.05. The molecule has 0 aromatic carbocycles. The molecule has 82 valence electrons. The summed E-state index contributed by atoms with van der Waals surface area (Å²) in [5, 5.41) is 13.0. The Morgan fingerprint density at radius 1 is 1.50 bits per heavy atom. The van der Waals surface area contributed by atoms with Gasteiger partial charge in [0.2, 0.25) is 0 Å². The first kappa shape index (κ1) is 11.3. The van der Waals surface area contributed by atoms with Crippen LogP contribution in [-0.4, -0.2) is 14.9 Å². The molecule has 2 aromatic rings. The Hall–Kier alpha value is -1.18. The Kier molecular flexibility index (Phi) is 3.37. The molecule has 0 atom stereocenters. The second-order valence-electron chi connectivity index (χ2n) is 2.62. The van der Waals surface area contributed by atoms with Gasteiger partial charge in [0.15, 0.2) is 9.37 Å². The summed E-state index contributed by atoms with van der Waals surface area (Å²) in [4.78, 5) is 18.2. The molecular formula is C8H4ClN3O2S2. The van der Waals surface area contributed by atoms with Crippen LogP contribution in [0.3, 0.4) is 0 Å². The largest absolute Gasteiger partial charge is 0.301 e. The van der Waals surface area contributed by atoms with Crippen molar-refractivity contribution in [3.8, 4) is 0 Å². The average Bonchev–Trinajstić information content (AvgIpc) is 2.70. The molecule has 0 saturated heterocycles. The smallest absolute Gasteiger partial charge is 0.258 e. The molecule has 2 rings (SSSR count). The van der Waals surface area contributed by atoms with Gasteiger partial charge in [-0.1, -0.05) is 11.6 Å². The van der Waals surface area contributed by atoms with Crippen molar-refractivity contribution in [3.05, 3.63) is 39.0 Å². The lowest BCUT2D eigenvalue weighted by Crippen LogP contribution is -1.93. The summed E-state index contributed by atoms with van der Waals surface area (Å²) >= 11 is 8.22. The van der Waals surface area contributed by atoms with E-state index in [1.54, 1.807) is 11.6 Å². The summed E-state index contributed by atoms with van der Waals surface area (Å²) in [5.41, 5.74) is -0.0652. The minimum absolute atomic E-state index is 0.0652. The quantitative estimate of drug-likeness (QED) is 0.488. The molecule has 0 bridgehead atoms. The van der Waals surface area contributed by atoms with Gasteiger partial charge >= 0.3 is 5.69 Å². The van der Waals surface area contributed by atoms with Gasteiger partial charge in [-0.3, -0.25) is 10.1 Å². The molecule has 0 fully saturated rings. The number of hydrogen-bond acceptors (Lipinski definition) is 6. The molecule has 2 heterocycles. The van der Waals surface area contributed by atoms with E-state index < -0.39 is 4.92 Å². The zero-order valence-electron chi connectivity index (χ0n) is 7.66. The Bertz CT molecular complexity index is 518. The van der Waals surface area contributed by atoms with Gasteiger partial charge in [-0.2, -0.15) is 0 Å². The van der Waals surface area contributed by atoms with Gasteiger partial charge in [-0.15, -0.1) is 11.3 Å². The van der Waals surface area contributed by atoms with E-state index in [4.69, 9.17) is 11.6 Å². The van der Waals surface area contributed by atoms with E-state index in [2.05, 4.69) is 9.97 Å². The predicted molar refractivity (Wildman–Crippen MR) is 62.1 cm³/mol. The van der Waals surface area contributed by atoms with E-state index in [-0.39, 0.29) is 15.9 Å². The minimum atomic E-state index is -0.487. The fraction of sp³-hybridized carbons (Fsp3) is 0. The summed E-state index contributed by atoms with van der Waals surface area (Å²) in [7, 11) is 0.